The van der Waals surface area contributed by atoms with Gasteiger partial charge in [0, 0.05) is 22.0 Å². The molecule has 5 aromatic rings. The van der Waals surface area contributed by atoms with E-state index in [1.807, 2.05) is 85.8 Å². The molecule has 0 saturated heterocycles. The number of ether oxygens (including phenoxy) is 2. The molecule has 222 valence electrons. The SMILES string of the molecule is CC1=C(C(=O)OCc2ccccc2)C(c2cccc(OCc3ccccc3Cl)c2)n2nc(SCc3ccccc3F)nc2N1. The van der Waals surface area contributed by atoms with Gasteiger partial charge in [0.1, 0.15) is 30.8 Å². The molecule has 0 saturated carbocycles. The summed E-state index contributed by atoms with van der Waals surface area (Å²) in [5.74, 6) is 0.657. The number of anilines is 1. The number of benzene rings is 4. The number of hydrogen-bond acceptors (Lipinski definition) is 7. The largest absolute Gasteiger partial charge is 0.489 e. The highest BCUT2D eigenvalue weighted by Gasteiger charge is 2.35. The second-order valence-corrected chi connectivity index (χ2v) is 11.5. The smallest absolute Gasteiger partial charge is 0.338 e. The van der Waals surface area contributed by atoms with Gasteiger partial charge in [0.05, 0.1) is 5.57 Å². The van der Waals surface area contributed by atoms with Gasteiger partial charge < -0.3 is 14.8 Å². The molecule has 0 radical (unpaired) electrons. The fourth-order valence-corrected chi connectivity index (χ4v) is 5.88. The van der Waals surface area contributed by atoms with Gasteiger partial charge in [-0.15, -0.1) is 5.10 Å². The van der Waals surface area contributed by atoms with E-state index in [2.05, 4.69) is 10.3 Å². The number of aromatic nitrogens is 3. The van der Waals surface area contributed by atoms with Gasteiger partial charge in [-0.3, -0.25) is 0 Å². The van der Waals surface area contributed by atoms with Gasteiger partial charge >= 0.3 is 5.97 Å². The van der Waals surface area contributed by atoms with Crippen LogP contribution >= 0.6 is 23.4 Å². The van der Waals surface area contributed by atoms with Crippen LogP contribution in [0.5, 0.6) is 5.75 Å². The van der Waals surface area contributed by atoms with E-state index in [-0.39, 0.29) is 19.0 Å². The van der Waals surface area contributed by atoms with Crippen LogP contribution in [0.15, 0.2) is 120 Å². The van der Waals surface area contributed by atoms with Gasteiger partial charge in [-0.25, -0.2) is 13.9 Å². The molecular formula is C34H28ClFN4O3S. The molecule has 1 aromatic heterocycles. The third kappa shape index (κ3) is 6.64. The molecule has 10 heteroatoms. The van der Waals surface area contributed by atoms with Crippen LogP contribution in [-0.2, 0) is 28.5 Å². The van der Waals surface area contributed by atoms with Crippen LogP contribution in [0, 0.1) is 5.82 Å². The van der Waals surface area contributed by atoms with Crippen molar-refractivity contribution in [3.8, 4) is 5.75 Å². The number of esters is 1. The molecular weight excluding hydrogens is 599 g/mol. The second kappa shape index (κ2) is 13.4. The van der Waals surface area contributed by atoms with Crippen LogP contribution in [-0.4, -0.2) is 20.7 Å². The Kier molecular flexibility index (Phi) is 8.95. The highest BCUT2D eigenvalue weighted by Crippen LogP contribution is 2.38. The Labute approximate surface area is 263 Å². The maximum atomic E-state index is 14.3. The van der Waals surface area contributed by atoms with Gasteiger partial charge in [-0.1, -0.05) is 102 Å². The van der Waals surface area contributed by atoms with Crippen LogP contribution in [0.4, 0.5) is 10.3 Å². The lowest BCUT2D eigenvalue weighted by molar-refractivity contribution is -0.140. The molecule has 0 aliphatic carbocycles. The first kappa shape index (κ1) is 29.5. The fourth-order valence-electron chi connectivity index (χ4n) is 4.87. The van der Waals surface area contributed by atoms with E-state index in [1.165, 1.54) is 17.8 Å². The van der Waals surface area contributed by atoms with Crippen molar-refractivity contribution in [1.82, 2.24) is 14.8 Å². The summed E-state index contributed by atoms with van der Waals surface area (Å²) in [6.45, 7) is 2.22. The minimum atomic E-state index is -0.659. The van der Waals surface area contributed by atoms with Gasteiger partial charge in [-0.2, -0.15) is 4.98 Å². The molecule has 0 amide bonds. The Hall–Kier alpha value is -4.60. The summed E-state index contributed by atoms with van der Waals surface area (Å²) in [6.07, 6.45) is 0. The standard InChI is InChI=1S/C34H28ClFN4O3S/c1-22-30(32(41)43-19-23-10-3-2-4-11-23)31(24-14-9-15-27(18-24)42-20-25-12-5-7-16-28(25)35)40-33(37-22)38-34(39-40)44-21-26-13-6-8-17-29(26)36/h2-18,31H,19-21H2,1H3,(H,37,38,39). The summed E-state index contributed by atoms with van der Waals surface area (Å²) in [5, 5.41) is 9.04. The molecule has 1 N–H and O–H groups in total. The Bertz CT molecular complexity index is 1830. The van der Waals surface area contributed by atoms with Crippen molar-refractivity contribution in [2.75, 3.05) is 5.32 Å². The molecule has 1 atom stereocenters. The summed E-state index contributed by atoms with van der Waals surface area (Å²) < 4.78 is 27.8. The molecule has 1 unspecified atom stereocenters. The van der Waals surface area contributed by atoms with Crippen LogP contribution in [0.3, 0.4) is 0 Å². The molecule has 7 nitrogen and oxygen atoms in total. The summed E-state index contributed by atoms with van der Waals surface area (Å²) in [6, 6.07) is 30.5. The number of thioether (sulfide) groups is 1. The molecule has 0 spiro atoms. The summed E-state index contributed by atoms with van der Waals surface area (Å²) in [4.78, 5) is 18.4. The third-order valence-corrected chi connectivity index (χ3v) is 8.36. The zero-order valence-electron chi connectivity index (χ0n) is 23.7. The molecule has 1 aliphatic rings. The van der Waals surface area contributed by atoms with Crippen molar-refractivity contribution < 1.29 is 18.7 Å². The van der Waals surface area contributed by atoms with Crippen LogP contribution in [0.2, 0.25) is 5.02 Å². The second-order valence-electron chi connectivity index (χ2n) is 10.1. The number of fused-ring (bicyclic) bond motifs is 1. The first-order valence-corrected chi connectivity index (χ1v) is 15.3. The van der Waals surface area contributed by atoms with E-state index in [9.17, 15) is 9.18 Å². The normalized spacial score (nSPS) is 14.1. The van der Waals surface area contributed by atoms with E-state index in [1.54, 1.807) is 22.9 Å². The predicted molar refractivity (Wildman–Crippen MR) is 169 cm³/mol. The van der Waals surface area contributed by atoms with Crippen molar-refractivity contribution in [1.29, 1.82) is 0 Å². The van der Waals surface area contributed by atoms with Crippen molar-refractivity contribution >= 4 is 35.3 Å². The number of hydrogen-bond donors (Lipinski definition) is 1. The lowest BCUT2D eigenvalue weighted by Gasteiger charge is -2.28. The van der Waals surface area contributed by atoms with E-state index in [0.717, 1.165) is 16.7 Å². The molecule has 0 fully saturated rings. The molecule has 0 bridgehead atoms. The van der Waals surface area contributed by atoms with Crippen molar-refractivity contribution in [3.63, 3.8) is 0 Å². The number of nitrogens with zero attached hydrogens (tertiary/aromatic N) is 3. The van der Waals surface area contributed by atoms with Crippen molar-refractivity contribution in [3.05, 3.63) is 147 Å². The van der Waals surface area contributed by atoms with Crippen LogP contribution in [0.25, 0.3) is 0 Å². The topological polar surface area (TPSA) is 78.3 Å². The maximum absolute atomic E-state index is 14.3. The van der Waals surface area contributed by atoms with Gasteiger partial charge in [0.2, 0.25) is 11.1 Å². The van der Waals surface area contributed by atoms with E-state index >= 15 is 0 Å². The first-order valence-electron chi connectivity index (χ1n) is 13.9. The van der Waals surface area contributed by atoms with Crippen LogP contribution in [0.1, 0.15) is 35.2 Å². The summed E-state index contributed by atoms with van der Waals surface area (Å²) in [5.41, 5.74) is 4.04. The zero-order valence-corrected chi connectivity index (χ0v) is 25.3. The predicted octanol–water partition coefficient (Wildman–Crippen LogP) is 7.97. The Morgan fingerprint density at radius 2 is 1.70 bits per heavy atom. The fraction of sp³-hybridized carbons (Fsp3) is 0.147. The molecule has 44 heavy (non-hydrogen) atoms. The maximum Gasteiger partial charge on any atom is 0.338 e. The van der Waals surface area contributed by atoms with E-state index < -0.39 is 12.0 Å². The number of nitrogens with one attached hydrogen (secondary N) is 1. The number of halogens is 2. The lowest BCUT2D eigenvalue weighted by Crippen LogP contribution is -2.29. The molecule has 6 rings (SSSR count). The lowest BCUT2D eigenvalue weighted by atomic mass is 9.95. The number of rotatable bonds is 10. The van der Waals surface area contributed by atoms with Crippen molar-refractivity contribution in [2.45, 2.75) is 37.1 Å². The zero-order chi connectivity index (χ0) is 30.5. The number of carbonyl (C=O) groups excluding carboxylic acids is 1. The minimum absolute atomic E-state index is 0.123. The molecule has 2 heterocycles. The average Bonchev–Trinajstić information content (AvgIpc) is 3.45. The highest BCUT2D eigenvalue weighted by atomic mass is 35.5. The third-order valence-electron chi connectivity index (χ3n) is 7.11. The van der Waals surface area contributed by atoms with E-state index in [4.69, 9.17) is 26.2 Å². The van der Waals surface area contributed by atoms with Gasteiger partial charge in [0.15, 0.2) is 0 Å². The molecule has 1 aliphatic heterocycles. The number of allylic oxidation sites excluding steroid dienone is 1. The Balaban J connectivity index is 1.31. The Morgan fingerprint density at radius 1 is 0.955 bits per heavy atom. The van der Waals surface area contributed by atoms with Gasteiger partial charge in [-0.05, 0) is 47.9 Å². The Morgan fingerprint density at radius 3 is 2.50 bits per heavy atom. The quantitative estimate of drug-likeness (QED) is 0.124. The van der Waals surface area contributed by atoms with Crippen molar-refractivity contribution in [2.24, 2.45) is 0 Å². The van der Waals surface area contributed by atoms with Crippen LogP contribution < -0.4 is 10.1 Å². The average molecular weight is 627 g/mol. The minimum Gasteiger partial charge on any atom is -0.489 e. The summed E-state index contributed by atoms with van der Waals surface area (Å²) >= 11 is 7.65. The number of carbonyl (C=O) groups is 1. The monoisotopic (exact) mass is 626 g/mol. The highest BCUT2D eigenvalue weighted by molar-refractivity contribution is 7.98. The molecule has 4 aromatic carbocycles. The summed E-state index contributed by atoms with van der Waals surface area (Å²) in [7, 11) is 0. The van der Waals surface area contributed by atoms with E-state index in [0.29, 0.717) is 44.5 Å². The first-order chi connectivity index (χ1) is 21.5. The van der Waals surface area contributed by atoms with Gasteiger partial charge in [0.25, 0.3) is 0 Å².